The maximum absolute atomic E-state index is 5.61. The Morgan fingerprint density at radius 1 is 1.50 bits per heavy atom. The lowest BCUT2D eigenvalue weighted by Gasteiger charge is -2.19. The first-order valence-corrected chi connectivity index (χ1v) is 5.43. The van der Waals surface area contributed by atoms with Crippen molar-refractivity contribution in [3.8, 4) is 0 Å². The molecular weight excluding hydrogens is 178 g/mol. The van der Waals surface area contributed by atoms with E-state index in [1.165, 1.54) is 12.8 Å². The van der Waals surface area contributed by atoms with Crippen LogP contribution in [0.3, 0.4) is 0 Å². The van der Waals surface area contributed by atoms with Gasteiger partial charge in [-0.3, -0.25) is 5.10 Å². The zero-order valence-electron chi connectivity index (χ0n) is 8.62. The third-order valence-corrected chi connectivity index (χ3v) is 2.50. The summed E-state index contributed by atoms with van der Waals surface area (Å²) < 4.78 is 5.61. The van der Waals surface area contributed by atoms with Crippen LogP contribution in [0.15, 0.2) is 0 Å². The maximum Gasteiger partial charge on any atom is 0.179 e. The minimum Gasteiger partial charge on any atom is -0.370 e. The van der Waals surface area contributed by atoms with Gasteiger partial charge in [-0.15, -0.1) is 0 Å². The predicted octanol–water partition coefficient (Wildman–Crippen LogP) is 2.00. The van der Waals surface area contributed by atoms with Gasteiger partial charge in [-0.1, -0.05) is 6.92 Å². The van der Waals surface area contributed by atoms with Gasteiger partial charge in [0.25, 0.3) is 0 Å². The summed E-state index contributed by atoms with van der Waals surface area (Å²) in [5.74, 6) is 1.82. The van der Waals surface area contributed by atoms with Crippen LogP contribution in [-0.4, -0.2) is 21.8 Å². The van der Waals surface area contributed by atoms with E-state index in [9.17, 15) is 0 Å². The van der Waals surface area contributed by atoms with E-state index in [1.807, 2.05) is 0 Å². The minimum atomic E-state index is 0.130. The summed E-state index contributed by atoms with van der Waals surface area (Å²) in [4.78, 5) is 4.43. The van der Waals surface area contributed by atoms with E-state index in [0.717, 1.165) is 37.5 Å². The molecule has 1 saturated heterocycles. The third-order valence-electron chi connectivity index (χ3n) is 2.50. The molecule has 4 nitrogen and oxygen atoms in total. The molecule has 1 aromatic rings. The fraction of sp³-hybridized carbons (Fsp3) is 0.800. The predicted molar refractivity (Wildman–Crippen MR) is 52.9 cm³/mol. The Morgan fingerprint density at radius 3 is 3.14 bits per heavy atom. The van der Waals surface area contributed by atoms with Gasteiger partial charge in [-0.25, -0.2) is 4.98 Å². The van der Waals surface area contributed by atoms with Crippen LogP contribution in [0.25, 0.3) is 0 Å². The molecule has 1 aliphatic heterocycles. The average molecular weight is 195 g/mol. The summed E-state index contributed by atoms with van der Waals surface area (Å²) >= 11 is 0. The highest BCUT2D eigenvalue weighted by Gasteiger charge is 2.19. The summed E-state index contributed by atoms with van der Waals surface area (Å²) in [6.45, 7) is 2.99. The lowest BCUT2D eigenvalue weighted by molar-refractivity contribution is 0.00963. The summed E-state index contributed by atoms with van der Waals surface area (Å²) in [6, 6.07) is 0. The molecule has 78 valence electrons. The van der Waals surface area contributed by atoms with Crippen LogP contribution < -0.4 is 0 Å². The van der Waals surface area contributed by atoms with Crippen LogP contribution in [0.5, 0.6) is 0 Å². The number of nitrogens with one attached hydrogen (secondary N) is 1. The molecule has 2 heterocycles. The molecule has 0 saturated carbocycles. The average Bonchev–Trinajstić information content (AvgIpc) is 2.68. The van der Waals surface area contributed by atoms with Crippen molar-refractivity contribution in [2.75, 3.05) is 6.61 Å². The van der Waals surface area contributed by atoms with Crippen LogP contribution in [0.4, 0.5) is 0 Å². The van der Waals surface area contributed by atoms with Crippen molar-refractivity contribution in [1.29, 1.82) is 0 Å². The van der Waals surface area contributed by atoms with E-state index in [0.29, 0.717) is 0 Å². The maximum atomic E-state index is 5.61. The zero-order valence-corrected chi connectivity index (χ0v) is 8.62. The van der Waals surface area contributed by atoms with E-state index >= 15 is 0 Å². The fourth-order valence-electron chi connectivity index (χ4n) is 1.75. The number of H-pyrrole nitrogens is 1. The Kier molecular flexibility index (Phi) is 3.14. The van der Waals surface area contributed by atoms with Crippen LogP contribution in [-0.2, 0) is 11.2 Å². The van der Waals surface area contributed by atoms with Crippen molar-refractivity contribution in [2.24, 2.45) is 0 Å². The van der Waals surface area contributed by atoms with E-state index in [2.05, 4.69) is 22.1 Å². The van der Waals surface area contributed by atoms with Crippen LogP contribution in [0.1, 0.15) is 50.4 Å². The Hall–Kier alpha value is -0.900. The summed E-state index contributed by atoms with van der Waals surface area (Å²) in [5, 5.41) is 7.16. The van der Waals surface area contributed by atoms with Gasteiger partial charge in [0.2, 0.25) is 0 Å². The van der Waals surface area contributed by atoms with Crippen molar-refractivity contribution in [1.82, 2.24) is 15.2 Å². The van der Waals surface area contributed by atoms with Crippen molar-refractivity contribution < 1.29 is 4.74 Å². The molecule has 1 atom stereocenters. The number of hydrogen-bond donors (Lipinski definition) is 1. The molecular formula is C10H17N3O. The van der Waals surface area contributed by atoms with Gasteiger partial charge < -0.3 is 4.74 Å². The van der Waals surface area contributed by atoms with Gasteiger partial charge in [0.15, 0.2) is 5.82 Å². The lowest BCUT2D eigenvalue weighted by atomic mass is 10.1. The Morgan fingerprint density at radius 2 is 2.43 bits per heavy atom. The van der Waals surface area contributed by atoms with Crippen LogP contribution in [0.2, 0.25) is 0 Å². The molecule has 0 bridgehead atoms. The standard InChI is InChI=1S/C10H17N3O/c1-2-5-9-11-10(13-12-9)8-6-3-4-7-14-8/h8H,2-7H2,1H3,(H,11,12,13). The molecule has 14 heavy (non-hydrogen) atoms. The molecule has 0 amide bonds. The van der Waals surface area contributed by atoms with Gasteiger partial charge in [-0.2, -0.15) is 5.10 Å². The van der Waals surface area contributed by atoms with E-state index in [-0.39, 0.29) is 6.10 Å². The molecule has 0 spiro atoms. The first-order valence-electron chi connectivity index (χ1n) is 5.43. The van der Waals surface area contributed by atoms with Crippen molar-refractivity contribution in [2.45, 2.75) is 45.1 Å². The first-order chi connectivity index (χ1) is 6.90. The number of aromatic amines is 1. The van der Waals surface area contributed by atoms with Gasteiger partial charge in [0.05, 0.1) is 0 Å². The van der Waals surface area contributed by atoms with E-state index in [1.54, 1.807) is 0 Å². The topological polar surface area (TPSA) is 50.8 Å². The highest BCUT2D eigenvalue weighted by atomic mass is 16.5. The number of rotatable bonds is 3. The van der Waals surface area contributed by atoms with Crippen molar-refractivity contribution in [3.05, 3.63) is 11.6 Å². The Labute approximate surface area is 84.1 Å². The lowest BCUT2D eigenvalue weighted by Crippen LogP contribution is -2.12. The monoisotopic (exact) mass is 195 g/mol. The van der Waals surface area contributed by atoms with Crippen molar-refractivity contribution >= 4 is 0 Å². The number of ether oxygens (including phenoxy) is 1. The van der Waals surface area contributed by atoms with Gasteiger partial charge in [0, 0.05) is 13.0 Å². The second-order valence-corrected chi connectivity index (χ2v) is 3.75. The number of aryl methyl sites for hydroxylation is 1. The third kappa shape index (κ3) is 2.12. The van der Waals surface area contributed by atoms with Crippen molar-refractivity contribution in [3.63, 3.8) is 0 Å². The molecule has 4 heteroatoms. The largest absolute Gasteiger partial charge is 0.370 e. The van der Waals surface area contributed by atoms with Crippen LogP contribution >= 0.6 is 0 Å². The van der Waals surface area contributed by atoms with Crippen LogP contribution in [0, 0.1) is 0 Å². The highest BCUT2D eigenvalue weighted by Crippen LogP contribution is 2.24. The second-order valence-electron chi connectivity index (χ2n) is 3.75. The van der Waals surface area contributed by atoms with E-state index in [4.69, 9.17) is 4.74 Å². The number of hydrogen-bond acceptors (Lipinski definition) is 3. The fourth-order valence-corrected chi connectivity index (χ4v) is 1.75. The number of nitrogens with zero attached hydrogens (tertiary/aromatic N) is 2. The first kappa shape index (κ1) is 9.65. The Bertz CT molecular complexity index is 279. The molecule has 1 aromatic heterocycles. The smallest absolute Gasteiger partial charge is 0.179 e. The highest BCUT2D eigenvalue weighted by molar-refractivity contribution is 4.95. The van der Waals surface area contributed by atoms with Gasteiger partial charge in [0.1, 0.15) is 11.9 Å². The molecule has 0 aliphatic carbocycles. The molecule has 2 rings (SSSR count). The molecule has 0 aromatic carbocycles. The molecule has 0 radical (unpaired) electrons. The molecule has 1 fully saturated rings. The number of aromatic nitrogens is 3. The molecule has 1 aliphatic rings. The molecule has 1 N–H and O–H groups in total. The zero-order chi connectivity index (χ0) is 9.80. The summed E-state index contributed by atoms with van der Waals surface area (Å²) in [7, 11) is 0. The SMILES string of the molecule is CCCc1nc(C2CCCCO2)n[nH]1. The normalized spacial score (nSPS) is 22.5. The Balaban J connectivity index is 2.00. The molecule has 1 unspecified atom stereocenters. The summed E-state index contributed by atoms with van der Waals surface area (Å²) in [5.41, 5.74) is 0. The second kappa shape index (κ2) is 4.55. The minimum absolute atomic E-state index is 0.130. The van der Waals surface area contributed by atoms with E-state index < -0.39 is 0 Å². The van der Waals surface area contributed by atoms with Gasteiger partial charge >= 0.3 is 0 Å². The summed E-state index contributed by atoms with van der Waals surface area (Å²) in [6.07, 6.45) is 5.65. The quantitative estimate of drug-likeness (QED) is 0.802. The van der Waals surface area contributed by atoms with Gasteiger partial charge in [-0.05, 0) is 25.7 Å².